The normalized spacial score (nSPS) is 18.5. The fourth-order valence-electron chi connectivity index (χ4n) is 4.55. The van der Waals surface area contributed by atoms with Gasteiger partial charge in [0.15, 0.2) is 23.5 Å². The Labute approximate surface area is 212 Å². The topological polar surface area (TPSA) is 107 Å². The molecule has 8 nitrogen and oxygen atoms in total. The Hall–Kier alpha value is -2.95. The van der Waals surface area contributed by atoms with Gasteiger partial charge >= 0.3 is 0 Å². The molecule has 0 aliphatic carbocycles. The summed E-state index contributed by atoms with van der Waals surface area (Å²) in [6.45, 7) is 2.63. The van der Waals surface area contributed by atoms with Crippen LogP contribution in [0.3, 0.4) is 0 Å². The molecule has 0 bridgehead atoms. The number of hydrogen-bond acceptors (Lipinski definition) is 8. The van der Waals surface area contributed by atoms with Crippen LogP contribution in [0.1, 0.15) is 23.7 Å². The molecule has 10 heteroatoms. The largest absolute Gasteiger partial charge is 0.486 e. The Morgan fingerprint density at radius 2 is 1.81 bits per heavy atom. The van der Waals surface area contributed by atoms with E-state index in [-0.39, 0.29) is 36.0 Å². The molecule has 190 valence electrons. The quantitative estimate of drug-likeness (QED) is 0.158. The highest BCUT2D eigenvalue weighted by molar-refractivity contribution is 6.31. The average molecular weight is 516 g/mol. The molecule has 36 heavy (non-hydrogen) atoms. The van der Waals surface area contributed by atoms with Crippen molar-refractivity contribution < 1.29 is 29.3 Å². The van der Waals surface area contributed by atoms with Gasteiger partial charge in [-0.2, -0.15) is 0 Å². The van der Waals surface area contributed by atoms with Gasteiger partial charge in [-0.15, -0.1) is 0 Å². The Morgan fingerprint density at radius 1 is 1.06 bits per heavy atom. The summed E-state index contributed by atoms with van der Waals surface area (Å²) in [5.41, 5.74) is 0.767. The van der Waals surface area contributed by atoms with Crippen LogP contribution in [-0.4, -0.2) is 71.1 Å². The number of oxime groups is 1. The first kappa shape index (κ1) is 24.7. The van der Waals surface area contributed by atoms with Crippen LogP contribution < -0.4 is 14.8 Å². The SMILES string of the molecule is O/N=C(\c1ccc2cc(Cl)ccc2c1)C(O)N[C@H](CN1CCC1)[C@H](O)c1cc(F)c2c(c1)OCCO2. The van der Waals surface area contributed by atoms with Gasteiger partial charge in [-0.1, -0.05) is 35.0 Å². The number of aliphatic hydroxyl groups is 2. The van der Waals surface area contributed by atoms with Crippen LogP contribution in [0, 0.1) is 5.82 Å². The first-order valence-electron chi connectivity index (χ1n) is 11.8. The minimum Gasteiger partial charge on any atom is -0.486 e. The number of nitrogens with one attached hydrogen (secondary N) is 1. The van der Waals surface area contributed by atoms with Crippen molar-refractivity contribution >= 4 is 28.1 Å². The summed E-state index contributed by atoms with van der Waals surface area (Å²) in [5, 5.41) is 40.7. The van der Waals surface area contributed by atoms with Gasteiger partial charge in [-0.05, 0) is 66.2 Å². The highest BCUT2D eigenvalue weighted by atomic mass is 35.5. The first-order valence-corrected chi connectivity index (χ1v) is 12.2. The summed E-state index contributed by atoms with van der Waals surface area (Å²) in [7, 11) is 0. The molecule has 3 aromatic carbocycles. The van der Waals surface area contributed by atoms with Gasteiger partial charge in [0.2, 0.25) is 0 Å². The lowest BCUT2D eigenvalue weighted by Crippen LogP contribution is -2.53. The summed E-state index contributed by atoms with van der Waals surface area (Å²) in [5.74, 6) is -0.373. The van der Waals surface area contributed by atoms with E-state index < -0.39 is 24.2 Å². The molecule has 4 N–H and O–H groups in total. The van der Waals surface area contributed by atoms with E-state index in [2.05, 4.69) is 15.4 Å². The molecule has 0 radical (unpaired) electrons. The predicted molar refractivity (Wildman–Crippen MR) is 134 cm³/mol. The molecular weight excluding hydrogens is 489 g/mol. The maximum Gasteiger partial charge on any atom is 0.197 e. The molecule has 2 aliphatic heterocycles. The second kappa shape index (κ2) is 10.6. The molecule has 0 amide bonds. The van der Waals surface area contributed by atoms with Crippen molar-refractivity contribution in [1.29, 1.82) is 0 Å². The molecule has 5 rings (SSSR count). The lowest BCUT2D eigenvalue weighted by atomic mass is 9.98. The maximum atomic E-state index is 14.7. The Morgan fingerprint density at radius 3 is 2.56 bits per heavy atom. The number of halogens is 2. The molecule has 1 saturated heterocycles. The number of benzene rings is 3. The predicted octanol–water partition coefficient (Wildman–Crippen LogP) is 3.30. The van der Waals surface area contributed by atoms with Crippen molar-refractivity contribution in [2.45, 2.75) is 24.8 Å². The number of likely N-dealkylation sites (tertiary alicyclic amines) is 1. The van der Waals surface area contributed by atoms with Crippen LogP contribution >= 0.6 is 11.6 Å². The minimum atomic E-state index is -1.41. The van der Waals surface area contributed by atoms with E-state index >= 15 is 0 Å². The molecule has 3 atom stereocenters. The van der Waals surface area contributed by atoms with Crippen molar-refractivity contribution in [1.82, 2.24) is 10.2 Å². The lowest BCUT2D eigenvalue weighted by Gasteiger charge is -2.37. The number of rotatable bonds is 8. The summed E-state index contributed by atoms with van der Waals surface area (Å²) >= 11 is 6.06. The van der Waals surface area contributed by atoms with Crippen molar-refractivity contribution in [2.75, 3.05) is 32.8 Å². The maximum absolute atomic E-state index is 14.7. The zero-order valence-electron chi connectivity index (χ0n) is 19.4. The third-order valence-corrected chi connectivity index (χ3v) is 6.82. The molecule has 2 aliphatic rings. The van der Waals surface area contributed by atoms with Crippen molar-refractivity contribution in [3.8, 4) is 11.5 Å². The number of hydrogen-bond donors (Lipinski definition) is 4. The van der Waals surface area contributed by atoms with Gasteiger partial charge in [-0.3, -0.25) is 5.32 Å². The van der Waals surface area contributed by atoms with E-state index in [9.17, 15) is 19.8 Å². The van der Waals surface area contributed by atoms with Gasteiger partial charge < -0.3 is 29.8 Å². The molecule has 0 saturated carbocycles. The second-order valence-corrected chi connectivity index (χ2v) is 9.43. The summed E-state index contributed by atoms with van der Waals surface area (Å²) in [6.07, 6.45) is -1.57. The Bertz CT molecular complexity index is 1290. The van der Waals surface area contributed by atoms with E-state index in [1.165, 1.54) is 6.07 Å². The Kier molecular flexibility index (Phi) is 7.27. The molecule has 0 spiro atoms. The van der Waals surface area contributed by atoms with Gasteiger partial charge in [0.1, 0.15) is 18.9 Å². The van der Waals surface area contributed by atoms with E-state index in [1.54, 1.807) is 24.3 Å². The number of aliphatic hydroxyl groups excluding tert-OH is 2. The van der Waals surface area contributed by atoms with Crippen molar-refractivity contribution in [3.05, 3.63) is 70.5 Å². The molecule has 2 heterocycles. The van der Waals surface area contributed by atoms with Crippen molar-refractivity contribution in [2.24, 2.45) is 5.16 Å². The van der Waals surface area contributed by atoms with Crippen LogP contribution in [0.2, 0.25) is 5.02 Å². The van der Waals surface area contributed by atoms with E-state index in [0.29, 0.717) is 17.1 Å². The summed E-state index contributed by atoms with van der Waals surface area (Å²) in [6, 6.07) is 12.8. The third-order valence-electron chi connectivity index (χ3n) is 6.58. The van der Waals surface area contributed by atoms with Gasteiger partial charge in [0, 0.05) is 17.1 Å². The highest BCUT2D eigenvalue weighted by Crippen LogP contribution is 2.36. The van der Waals surface area contributed by atoms with Crippen LogP contribution in [-0.2, 0) is 0 Å². The molecular formula is C26H27ClFN3O5. The van der Waals surface area contributed by atoms with Crippen LogP contribution in [0.25, 0.3) is 10.8 Å². The van der Waals surface area contributed by atoms with E-state index in [1.807, 2.05) is 18.2 Å². The zero-order chi connectivity index (χ0) is 25.2. The van der Waals surface area contributed by atoms with Crippen molar-refractivity contribution in [3.63, 3.8) is 0 Å². The average Bonchev–Trinajstić information content (AvgIpc) is 2.85. The molecule has 3 aromatic rings. The third kappa shape index (κ3) is 5.11. The van der Waals surface area contributed by atoms with Gasteiger partial charge in [0.05, 0.1) is 12.1 Å². The van der Waals surface area contributed by atoms with E-state index in [4.69, 9.17) is 21.1 Å². The molecule has 1 fully saturated rings. The van der Waals surface area contributed by atoms with Crippen LogP contribution in [0.15, 0.2) is 53.7 Å². The summed E-state index contributed by atoms with van der Waals surface area (Å²) < 4.78 is 25.5. The minimum absolute atomic E-state index is 0.0129. The van der Waals surface area contributed by atoms with Crippen LogP contribution in [0.5, 0.6) is 11.5 Å². The van der Waals surface area contributed by atoms with E-state index in [0.717, 1.165) is 30.3 Å². The molecule has 1 unspecified atom stereocenters. The first-order chi connectivity index (χ1) is 17.4. The fourth-order valence-corrected chi connectivity index (χ4v) is 4.73. The highest BCUT2D eigenvalue weighted by Gasteiger charge is 2.31. The lowest BCUT2D eigenvalue weighted by molar-refractivity contribution is 0.0539. The number of ether oxygens (including phenoxy) is 2. The van der Waals surface area contributed by atoms with Gasteiger partial charge in [0.25, 0.3) is 0 Å². The van der Waals surface area contributed by atoms with Gasteiger partial charge in [-0.25, -0.2) is 4.39 Å². The summed E-state index contributed by atoms with van der Waals surface area (Å²) in [4.78, 5) is 2.11. The fraction of sp³-hybridized carbons (Fsp3) is 0.346. The van der Waals surface area contributed by atoms with Crippen LogP contribution in [0.4, 0.5) is 4.39 Å². The molecule has 0 aromatic heterocycles. The standard InChI is InChI=1S/C26H27ClFN3O5/c27-19-5-4-15-10-17(3-2-16(15)11-19)23(30-34)26(33)29-21(14-31-6-1-7-31)24(32)18-12-20(28)25-22(13-18)35-8-9-36-25/h2-5,10-13,21,24,26,29,32-34H,1,6-9,14H2/b30-23+/t21-,24-,26?/m1/s1. The number of nitrogens with zero attached hydrogens (tertiary/aromatic N) is 2. The zero-order valence-corrected chi connectivity index (χ0v) is 20.2. The Balaban J connectivity index is 1.39. The smallest absolute Gasteiger partial charge is 0.197 e. The monoisotopic (exact) mass is 515 g/mol. The second-order valence-electron chi connectivity index (χ2n) is 8.99. The number of fused-ring (bicyclic) bond motifs is 2.